The number of alkyl halides is 3. The van der Waals surface area contributed by atoms with Crippen molar-refractivity contribution in [3.8, 4) is 0 Å². The first-order valence-electron chi connectivity index (χ1n) is 12.5. The van der Waals surface area contributed by atoms with Gasteiger partial charge in [0, 0.05) is 42.2 Å². The fourth-order valence-corrected chi connectivity index (χ4v) is 4.01. The van der Waals surface area contributed by atoms with Crippen molar-refractivity contribution in [3.63, 3.8) is 0 Å². The van der Waals surface area contributed by atoms with E-state index < -0.39 is 34.7 Å². The van der Waals surface area contributed by atoms with Crippen LogP contribution in [-0.4, -0.2) is 63.0 Å². The predicted octanol–water partition coefficient (Wildman–Crippen LogP) is 4.32. The van der Waals surface area contributed by atoms with Crippen LogP contribution in [0.25, 0.3) is 0 Å². The summed E-state index contributed by atoms with van der Waals surface area (Å²) < 4.78 is 44.6. The number of nitrogens with zero attached hydrogens (tertiary/aromatic N) is 2. The lowest BCUT2D eigenvalue weighted by molar-refractivity contribution is -0.141. The SMILES string of the molecule is CC(C)(C)OC(=O)N1CCC(N/C=C2/C=C(NC(=O)c3cccc(C(F)(F)F)n3)C(C(C)(C)O)=CC2=N)CC1. The summed E-state index contributed by atoms with van der Waals surface area (Å²) in [6.45, 7) is 9.36. The van der Waals surface area contributed by atoms with E-state index in [2.05, 4.69) is 15.6 Å². The van der Waals surface area contributed by atoms with Gasteiger partial charge >= 0.3 is 12.3 Å². The molecule has 1 aromatic heterocycles. The van der Waals surface area contributed by atoms with Gasteiger partial charge in [0.1, 0.15) is 17.0 Å². The molecule has 1 aliphatic heterocycles. The first-order chi connectivity index (χ1) is 17.9. The highest BCUT2D eigenvalue weighted by Crippen LogP contribution is 2.29. The molecule has 3 rings (SSSR count). The highest BCUT2D eigenvalue weighted by Gasteiger charge is 2.34. The van der Waals surface area contributed by atoms with Crippen molar-refractivity contribution in [2.75, 3.05) is 13.1 Å². The number of carbonyl (C=O) groups is 2. The van der Waals surface area contributed by atoms with Gasteiger partial charge in [-0.05, 0) is 71.7 Å². The lowest BCUT2D eigenvalue weighted by atomic mass is 9.87. The van der Waals surface area contributed by atoms with Gasteiger partial charge in [-0.2, -0.15) is 13.2 Å². The van der Waals surface area contributed by atoms with Crippen molar-refractivity contribution < 1.29 is 32.6 Å². The maximum absolute atomic E-state index is 13.1. The van der Waals surface area contributed by atoms with E-state index in [-0.39, 0.29) is 29.1 Å². The molecule has 12 heteroatoms. The summed E-state index contributed by atoms with van der Waals surface area (Å²) in [5.41, 5.74) is -2.86. The van der Waals surface area contributed by atoms with Crippen LogP contribution in [0.2, 0.25) is 0 Å². The zero-order valence-corrected chi connectivity index (χ0v) is 22.6. The molecule has 212 valence electrons. The third-order valence-corrected chi connectivity index (χ3v) is 5.99. The normalized spacial score (nSPS) is 18.4. The number of hydrogen-bond acceptors (Lipinski definition) is 7. The summed E-state index contributed by atoms with van der Waals surface area (Å²) in [7, 11) is 0. The molecule has 1 aromatic rings. The van der Waals surface area contributed by atoms with Gasteiger partial charge in [0.05, 0.1) is 11.3 Å². The Kier molecular flexibility index (Phi) is 8.59. The van der Waals surface area contributed by atoms with Gasteiger partial charge in [-0.1, -0.05) is 6.07 Å². The zero-order valence-electron chi connectivity index (χ0n) is 22.6. The maximum atomic E-state index is 13.1. The summed E-state index contributed by atoms with van der Waals surface area (Å²) in [5, 5.41) is 24.8. The van der Waals surface area contributed by atoms with E-state index in [0.717, 1.165) is 18.2 Å². The predicted molar refractivity (Wildman–Crippen MR) is 139 cm³/mol. The average molecular weight is 550 g/mol. The molecule has 1 fully saturated rings. The molecular weight excluding hydrogens is 515 g/mol. The minimum absolute atomic E-state index is 0.0180. The lowest BCUT2D eigenvalue weighted by Crippen LogP contribution is -2.45. The van der Waals surface area contributed by atoms with E-state index in [1.54, 1.807) is 11.1 Å². The van der Waals surface area contributed by atoms with Crippen molar-refractivity contribution in [3.05, 3.63) is 64.8 Å². The summed E-state index contributed by atoms with van der Waals surface area (Å²) in [6.07, 6.45) is 0.709. The van der Waals surface area contributed by atoms with Crippen LogP contribution in [-0.2, 0) is 10.9 Å². The van der Waals surface area contributed by atoms with Crippen LogP contribution < -0.4 is 10.6 Å². The van der Waals surface area contributed by atoms with E-state index in [1.165, 1.54) is 26.0 Å². The van der Waals surface area contributed by atoms with Gasteiger partial charge in [0.25, 0.3) is 5.91 Å². The zero-order chi connectivity index (χ0) is 29.2. The van der Waals surface area contributed by atoms with Crippen LogP contribution in [0.5, 0.6) is 0 Å². The number of aliphatic hydroxyl groups is 1. The molecule has 0 unspecified atom stereocenters. The van der Waals surface area contributed by atoms with E-state index in [4.69, 9.17) is 10.1 Å². The van der Waals surface area contributed by atoms with Crippen LogP contribution in [0.3, 0.4) is 0 Å². The maximum Gasteiger partial charge on any atom is 0.433 e. The topological polar surface area (TPSA) is 128 Å². The van der Waals surface area contributed by atoms with Crippen molar-refractivity contribution >= 4 is 17.7 Å². The van der Waals surface area contributed by atoms with Crippen LogP contribution >= 0.6 is 0 Å². The number of ether oxygens (including phenoxy) is 1. The van der Waals surface area contributed by atoms with Gasteiger partial charge in [-0.3, -0.25) is 4.79 Å². The van der Waals surface area contributed by atoms with E-state index in [9.17, 15) is 27.9 Å². The van der Waals surface area contributed by atoms with Crippen molar-refractivity contribution in [2.45, 2.75) is 70.9 Å². The monoisotopic (exact) mass is 549 g/mol. The molecule has 9 nitrogen and oxygen atoms in total. The molecule has 1 saturated heterocycles. The van der Waals surface area contributed by atoms with E-state index in [0.29, 0.717) is 31.5 Å². The second-order valence-corrected chi connectivity index (χ2v) is 11.0. The van der Waals surface area contributed by atoms with Crippen LogP contribution in [0, 0.1) is 5.41 Å². The number of piperidine rings is 1. The largest absolute Gasteiger partial charge is 0.444 e. The highest BCUT2D eigenvalue weighted by atomic mass is 19.4. The number of rotatable bonds is 5. The van der Waals surface area contributed by atoms with E-state index >= 15 is 0 Å². The van der Waals surface area contributed by atoms with Gasteiger partial charge in [-0.15, -0.1) is 0 Å². The Hall–Kier alpha value is -3.67. The Morgan fingerprint density at radius 1 is 1.13 bits per heavy atom. The third kappa shape index (κ3) is 8.16. The Labute approximate surface area is 225 Å². The highest BCUT2D eigenvalue weighted by molar-refractivity contribution is 6.11. The standard InChI is InChI=1S/C27H34F3N5O4/c1-25(2,3)39-24(37)35-11-9-17(10-12-35)32-15-16-13-21(18(14-19(16)31)26(4,5)38)34-23(36)20-7-6-8-22(33-20)27(28,29)30/h6-8,13-15,17,31-32,38H,9-12H2,1-5H3,(H,34,36)/b16-15-,31-19?. The van der Waals surface area contributed by atoms with Crippen molar-refractivity contribution in [2.24, 2.45) is 0 Å². The van der Waals surface area contributed by atoms with Crippen LogP contribution in [0.4, 0.5) is 18.0 Å². The fourth-order valence-electron chi connectivity index (χ4n) is 4.01. The Balaban J connectivity index is 1.74. The Morgan fingerprint density at radius 3 is 2.33 bits per heavy atom. The molecule has 2 heterocycles. The molecule has 39 heavy (non-hydrogen) atoms. The number of carbonyl (C=O) groups excluding carboxylic acids is 2. The molecule has 2 aliphatic rings. The quantitative estimate of drug-likeness (QED) is 0.433. The number of amides is 2. The number of halogens is 3. The van der Waals surface area contributed by atoms with Gasteiger partial charge in [0.2, 0.25) is 0 Å². The molecule has 4 N–H and O–H groups in total. The summed E-state index contributed by atoms with van der Waals surface area (Å²) >= 11 is 0. The Morgan fingerprint density at radius 2 is 1.77 bits per heavy atom. The third-order valence-electron chi connectivity index (χ3n) is 5.99. The number of allylic oxidation sites excluding steroid dienone is 3. The molecule has 0 bridgehead atoms. The molecule has 0 aromatic carbocycles. The summed E-state index contributed by atoms with van der Waals surface area (Å²) in [5.74, 6) is -0.891. The molecule has 2 amide bonds. The number of nitrogens with one attached hydrogen (secondary N) is 3. The number of aromatic nitrogens is 1. The molecule has 0 atom stereocenters. The Bertz CT molecular complexity index is 1220. The number of likely N-dealkylation sites (tertiary alicyclic amines) is 1. The second-order valence-electron chi connectivity index (χ2n) is 11.0. The summed E-state index contributed by atoms with van der Waals surface area (Å²) in [4.78, 5) is 30.2. The van der Waals surface area contributed by atoms with E-state index in [1.807, 2.05) is 20.8 Å². The molecule has 0 saturated carbocycles. The van der Waals surface area contributed by atoms with Gasteiger partial charge < -0.3 is 30.8 Å². The lowest BCUT2D eigenvalue weighted by Gasteiger charge is -2.33. The smallest absolute Gasteiger partial charge is 0.433 e. The molecule has 0 spiro atoms. The van der Waals surface area contributed by atoms with Gasteiger partial charge in [0.15, 0.2) is 0 Å². The van der Waals surface area contributed by atoms with Crippen molar-refractivity contribution in [1.29, 1.82) is 5.41 Å². The number of pyridine rings is 1. The molecular formula is C27H34F3N5O4. The van der Waals surface area contributed by atoms with Crippen LogP contribution in [0.15, 0.2) is 53.4 Å². The summed E-state index contributed by atoms with van der Waals surface area (Å²) in [6, 6.07) is 3.03. The van der Waals surface area contributed by atoms with Gasteiger partial charge in [-0.25, -0.2) is 9.78 Å². The first-order valence-corrected chi connectivity index (χ1v) is 12.5. The second kappa shape index (κ2) is 11.2. The number of hydrogen-bond donors (Lipinski definition) is 4. The molecule has 0 radical (unpaired) electrons. The van der Waals surface area contributed by atoms with Crippen molar-refractivity contribution in [1.82, 2.24) is 20.5 Å². The average Bonchev–Trinajstić information content (AvgIpc) is 2.82. The fraction of sp³-hybridized carbons (Fsp3) is 0.481. The minimum atomic E-state index is -4.71. The molecule has 1 aliphatic carbocycles. The van der Waals surface area contributed by atoms with Crippen LogP contribution in [0.1, 0.15) is 63.6 Å². The minimum Gasteiger partial charge on any atom is -0.444 e. The first kappa shape index (κ1) is 29.9.